The van der Waals surface area contributed by atoms with E-state index >= 15 is 0 Å². The maximum Gasteiger partial charge on any atom is 1.00 e. The number of halogens is 4. The number of pyridine rings is 3. The van der Waals surface area contributed by atoms with Crippen molar-refractivity contribution in [3.63, 3.8) is 0 Å². The van der Waals surface area contributed by atoms with Crippen molar-refractivity contribution in [2.75, 3.05) is 14.2 Å². The van der Waals surface area contributed by atoms with Crippen LogP contribution in [0.2, 0.25) is 15.1 Å². The van der Waals surface area contributed by atoms with E-state index in [1.54, 1.807) is 134 Å². The third kappa shape index (κ3) is 19.8. The van der Waals surface area contributed by atoms with Gasteiger partial charge in [-0.1, -0.05) is 184 Å². The van der Waals surface area contributed by atoms with Gasteiger partial charge in [-0.3, -0.25) is 29.3 Å². The van der Waals surface area contributed by atoms with Gasteiger partial charge in [0.25, 0.3) is 17.7 Å². The summed E-state index contributed by atoms with van der Waals surface area (Å²) in [7, 11) is 1.28. The molecule has 15 aromatic rings. The molecule has 574 valence electrons. The van der Waals surface area contributed by atoms with Crippen molar-refractivity contribution < 1.29 is 77.7 Å². The molecular formula is C87H77BBrCl3LiN9O12. The number of methoxy groups -OCH3 is 2. The van der Waals surface area contributed by atoms with Gasteiger partial charge >= 0.3 is 43.9 Å². The van der Waals surface area contributed by atoms with Crippen molar-refractivity contribution in [2.45, 2.75) is 50.5 Å². The summed E-state index contributed by atoms with van der Waals surface area (Å²) in [6.45, 7) is 5.52. The number of hydrogen-bond donors (Lipinski definition) is 3. The molecule has 0 saturated carbocycles. The Balaban J connectivity index is 0.000000246. The second-order valence-electron chi connectivity index (χ2n) is 24.3. The molecule has 4 N–H and O–H groups in total. The topological polar surface area (TPSA) is 304 Å². The molecule has 0 fully saturated rings. The number of carboxylic acid groups (broad SMARTS) is 1. The minimum atomic E-state index is -1.40. The molecule has 6 aromatic heterocycles. The van der Waals surface area contributed by atoms with E-state index in [2.05, 4.69) is 41.1 Å². The van der Waals surface area contributed by atoms with E-state index in [4.69, 9.17) is 59.4 Å². The fraction of sp³-hybridized carbons (Fsp3) is 0.103. The fourth-order valence-corrected chi connectivity index (χ4v) is 13.2. The summed E-state index contributed by atoms with van der Waals surface area (Å²) in [5.74, 6) is -2.81. The predicted octanol–water partition coefficient (Wildman–Crippen LogP) is 16.4. The van der Waals surface area contributed by atoms with Crippen molar-refractivity contribution >= 4 is 132 Å². The third-order valence-corrected chi connectivity index (χ3v) is 18.9. The standard InChI is InChI=1S/C28H20ClN3O3.C27H18ClN3O3.C23H16BrClN2O3.C5H6BNO2.4CH4.Li.H2O/c1-17-5-3-7-23(29)25(17)27(33)32-24-15-20(21-6-4-14-30-16-21)12-13-22(24)26(31-32)18-8-10-19(11-9-18)28(34)35-2;1-16-4-2-6-22(28)24(16)26(32)31-23-14-19(20-5-3-13-29-15-20)11-12-21(23)25(30-31)17-7-9-18(10-8-17)27(33)34;1-13-4-3-5-18(25)20(13)22(28)27-19-12-16(24)10-11-17(19)21(26-27)14-6-8-15(9-7-14)23(29)30-2;8-6(9)5-2-1-3-7-4-5;;;;;;/h3-16H,1-2H3;2-15H,1H3,(H,33,34);3-12H,1-2H3;1-4,8-9H;4*1H4;;1H2/q;;;;;;;;+1;/p-1. The minimum Gasteiger partial charge on any atom is -0.870 e. The van der Waals surface area contributed by atoms with Gasteiger partial charge in [-0.15, -0.1) is 0 Å². The van der Waals surface area contributed by atoms with E-state index in [-0.39, 0.29) is 77.3 Å². The fourth-order valence-electron chi connectivity index (χ4n) is 11.9. The van der Waals surface area contributed by atoms with Gasteiger partial charge in [-0.25, -0.2) is 14.4 Å². The molecule has 21 nitrogen and oxygen atoms in total. The number of carbonyl (C=O) groups is 6. The molecular weight excluding hydrogens is 1570 g/mol. The van der Waals surface area contributed by atoms with Gasteiger partial charge in [0.1, 0.15) is 17.1 Å². The maximum absolute atomic E-state index is 13.7. The van der Waals surface area contributed by atoms with Crippen molar-refractivity contribution in [3.8, 4) is 56.0 Å². The molecule has 0 aliphatic rings. The van der Waals surface area contributed by atoms with Crippen LogP contribution in [-0.2, 0) is 9.47 Å². The zero-order valence-corrected chi connectivity index (χ0v) is 63.3. The van der Waals surface area contributed by atoms with E-state index in [1.165, 1.54) is 46.6 Å². The molecule has 0 unspecified atom stereocenters. The van der Waals surface area contributed by atoms with Crippen LogP contribution in [0, 0.1) is 20.8 Å². The number of aryl methyl sites for hydroxylation is 3. The third-order valence-electron chi connectivity index (χ3n) is 17.4. The van der Waals surface area contributed by atoms with Crippen molar-refractivity contribution in [1.82, 2.24) is 44.3 Å². The average Bonchev–Trinajstić information content (AvgIpc) is 1.61. The first-order valence-electron chi connectivity index (χ1n) is 33.0. The predicted molar refractivity (Wildman–Crippen MR) is 450 cm³/mol. The van der Waals surface area contributed by atoms with Crippen LogP contribution in [0.3, 0.4) is 0 Å². The molecule has 0 aliphatic heterocycles. The van der Waals surface area contributed by atoms with Crippen molar-refractivity contribution in [1.29, 1.82) is 0 Å². The van der Waals surface area contributed by atoms with E-state index < -0.39 is 25.0 Å². The molecule has 0 saturated heterocycles. The molecule has 0 bridgehead atoms. The Morgan fingerprint density at radius 3 is 1.00 bits per heavy atom. The second-order valence-corrected chi connectivity index (χ2v) is 26.4. The number of carboxylic acids is 1. The SMILES string of the molecule is C.C.C.C.COC(=O)c1ccc(-c2nn(C(=O)c3c(C)cccc3Cl)c3cc(-c4cccnc4)ccc23)cc1.COC(=O)c1ccc(-c2nn(C(=O)c3c(C)cccc3Cl)c3cc(Br)ccc23)cc1.Cc1cccc(Cl)c1C(=O)n1nc(-c2ccc(C(=O)O)cc2)c2ccc(-c3cccnc3)cc21.OB(O)c1cccnc1.[Li+].[OH-]. The number of fused-ring (bicyclic) bond motifs is 3. The van der Waals surface area contributed by atoms with Crippen molar-refractivity contribution in [3.05, 3.63) is 325 Å². The van der Waals surface area contributed by atoms with Crippen LogP contribution < -0.4 is 24.3 Å². The first-order valence-corrected chi connectivity index (χ1v) is 35.0. The second kappa shape index (κ2) is 40.6. The summed E-state index contributed by atoms with van der Waals surface area (Å²) in [4.78, 5) is 87.7. The quantitative estimate of drug-likeness (QED) is 0.0756. The van der Waals surface area contributed by atoms with E-state index in [0.717, 1.165) is 70.7 Å². The Kier molecular flexibility index (Phi) is 32.4. The van der Waals surface area contributed by atoms with Crippen LogP contribution in [0.15, 0.2) is 260 Å². The number of rotatable bonds is 12. The molecule has 0 radical (unpaired) electrons. The number of aromatic carboxylic acids is 1. The average molecular weight is 1640 g/mol. The molecule has 6 heterocycles. The molecule has 114 heavy (non-hydrogen) atoms. The molecule has 0 spiro atoms. The molecule has 9 aromatic carbocycles. The van der Waals surface area contributed by atoms with E-state index in [0.29, 0.717) is 87.5 Å². The Hall–Kier alpha value is -11.8. The van der Waals surface area contributed by atoms with Crippen LogP contribution in [0.4, 0.5) is 0 Å². The van der Waals surface area contributed by atoms with Crippen LogP contribution in [-0.4, -0.2) is 122 Å². The number of aromatic nitrogens is 9. The van der Waals surface area contributed by atoms with Crippen LogP contribution in [0.25, 0.3) is 88.7 Å². The van der Waals surface area contributed by atoms with Crippen LogP contribution in [0.1, 0.15) is 109 Å². The van der Waals surface area contributed by atoms with Gasteiger partial charge in [0.2, 0.25) is 0 Å². The van der Waals surface area contributed by atoms with Gasteiger partial charge in [0.05, 0.1) is 79.2 Å². The minimum absolute atomic E-state index is 0. The molecule has 27 heteroatoms. The van der Waals surface area contributed by atoms with Crippen LogP contribution in [0.5, 0.6) is 0 Å². The number of carbonyl (C=O) groups excluding carboxylic acids is 5. The number of ether oxygens (including phenoxy) is 2. The largest absolute Gasteiger partial charge is 1.00 e. The molecule has 0 atom stereocenters. The van der Waals surface area contributed by atoms with Crippen LogP contribution >= 0.6 is 50.7 Å². The van der Waals surface area contributed by atoms with Gasteiger partial charge < -0.3 is 30.1 Å². The van der Waals surface area contributed by atoms with E-state index in [9.17, 15) is 33.9 Å². The van der Waals surface area contributed by atoms with E-state index in [1.807, 2.05) is 124 Å². The Morgan fingerprint density at radius 1 is 0.395 bits per heavy atom. The summed E-state index contributed by atoms with van der Waals surface area (Å²) in [5, 5.41) is 43.8. The summed E-state index contributed by atoms with van der Waals surface area (Å²) >= 11 is 22.6. The zero-order chi connectivity index (χ0) is 76.4. The van der Waals surface area contributed by atoms with Crippen molar-refractivity contribution in [2.24, 2.45) is 0 Å². The maximum atomic E-state index is 13.7. The van der Waals surface area contributed by atoms with Gasteiger partial charge in [0, 0.05) is 91.1 Å². The number of benzene rings is 9. The smallest absolute Gasteiger partial charge is 0.870 e. The number of hydrogen-bond acceptors (Lipinski definition) is 17. The first kappa shape index (κ1) is 91.0. The monoisotopic (exact) mass is 1640 g/mol. The summed E-state index contributed by atoms with van der Waals surface area (Å²) < 4.78 is 14.5. The van der Waals surface area contributed by atoms with Gasteiger partial charge in [-0.2, -0.15) is 29.3 Å². The molecule has 0 amide bonds. The van der Waals surface area contributed by atoms with Gasteiger partial charge in [-0.05, 0) is 164 Å². The zero-order valence-electron chi connectivity index (χ0n) is 59.4. The number of esters is 2. The Bertz CT molecular complexity index is 5880. The van der Waals surface area contributed by atoms with Gasteiger partial charge in [0.15, 0.2) is 0 Å². The Labute approximate surface area is 694 Å². The number of nitrogens with zero attached hydrogens (tertiary/aromatic N) is 9. The normalized spacial score (nSPS) is 10.2. The Morgan fingerprint density at radius 2 is 0.711 bits per heavy atom. The molecule has 15 rings (SSSR count). The summed E-state index contributed by atoms with van der Waals surface area (Å²) in [6, 6.07) is 64.4. The first-order chi connectivity index (χ1) is 52.1. The summed E-state index contributed by atoms with van der Waals surface area (Å²) in [6.07, 6.45) is 9.93. The summed E-state index contributed by atoms with van der Waals surface area (Å²) in [5.41, 5.74) is 14.5. The molecule has 0 aliphatic carbocycles.